The molecule has 0 heterocycles. The van der Waals surface area contributed by atoms with Crippen molar-refractivity contribution in [3.63, 3.8) is 0 Å². The summed E-state index contributed by atoms with van der Waals surface area (Å²) in [5.74, 6) is 1.92. The van der Waals surface area contributed by atoms with E-state index < -0.39 is 0 Å². The number of nitrogens with one attached hydrogen (secondary N) is 1. The van der Waals surface area contributed by atoms with Crippen LogP contribution in [0.25, 0.3) is 0 Å². The van der Waals surface area contributed by atoms with E-state index in [-0.39, 0.29) is 0 Å². The van der Waals surface area contributed by atoms with Gasteiger partial charge in [0.2, 0.25) is 0 Å². The minimum atomic E-state index is 0.594. The monoisotopic (exact) mass is 267 g/mol. The largest absolute Gasteiger partial charge is 0.316 e. The van der Waals surface area contributed by atoms with Crippen LogP contribution < -0.4 is 5.32 Å². The fourth-order valence-corrected chi connectivity index (χ4v) is 3.69. The molecule has 0 saturated heterocycles. The molecule has 2 atom stereocenters. The molecule has 1 rings (SSSR count). The lowest BCUT2D eigenvalue weighted by atomic mass is 9.66. The van der Waals surface area contributed by atoms with Gasteiger partial charge in [-0.05, 0) is 56.0 Å². The molecule has 1 aliphatic carbocycles. The molecule has 0 amide bonds. The van der Waals surface area contributed by atoms with Crippen LogP contribution in [0.3, 0.4) is 0 Å². The van der Waals surface area contributed by atoms with Gasteiger partial charge in [0.15, 0.2) is 0 Å². The maximum atomic E-state index is 3.66. The van der Waals surface area contributed by atoms with Gasteiger partial charge in [0.05, 0.1) is 0 Å². The Hall–Kier alpha value is -0.0400. The average Bonchev–Trinajstić information content (AvgIpc) is 2.37. The van der Waals surface area contributed by atoms with Gasteiger partial charge in [0.25, 0.3) is 0 Å². The van der Waals surface area contributed by atoms with E-state index in [4.69, 9.17) is 0 Å². The minimum absolute atomic E-state index is 0.594. The van der Waals surface area contributed by atoms with E-state index >= 15 is 0 Å². The van der Waals surface area contributed by atoms with Crippen molar-refractivity contribution in [2.75, 3.05) is 13.1 Å². The predicted octanol–water partition coefficient (Wildman–Crippen LogP) is 5.40. The van der Waals surface area contributed by atoms with Crippen molar-refractivity contribution in [2.24, 2.45) is 17.3 Å². The Morgan fingerprint density at radius 3 is 2.47 bits per heavy atom. The van der Waals surface area contributed by atoms with Crippen LogP contribution >= 0.6 is 0 Å². The maximum absolute atomic E-state index is 3.66. The zero-order valence-electron chi connectivity index (χ0n) is 13.9. The summed E-state index contributed by atoms with van der Waals surface area (Å²) >= 11 is 0. The van der Waals surface area contributed by atoms with E-state index in [0.29, 0.717) is 5.41 Å². The zero-order chi connectivity index (χ0) is 14.1. The van der Waals surface area contributed by atoms with Gasteiger partial charge in [-0.2, -0.15) is 0 Å². The Balaban J connectivity index is 2.37. The second-order valence-corrected chi connectivity index (χ2v) is 7.48. The Morgan fingerprint density at radius 2 is 1.79 bits per heavy atom. The van der Waals surface area contributed by atoms with Crippen LogP contribution in [0, 0.1) is 17.3 Å². The predicted molar refractivity (Wildman–Crippen MR) is 86.5 cm³/mol. The van der Waals surface area contributed by atoms with E-state index in [9.17, 15) is 0 Å². The van der Waals surface area contributed by atoms with Crippen LogP contribution in [0.15, 0.2) is 0 Å². The summed E-state index contributed by atoms with van der Waals surface area (Å²) in [5.41, 5.74) is 0.594. The van der Waals surface area contributed by atoms with Gasteiger partial charge in [-0.1, -0.05) is 59.8 Å². The average molecular weight is 268 g/mol. The highest BCUT2D eigenvalue weighted by molar-refractivity contribution is 4.85. The van der Waals surface area contributed by atoms with E-state index in [0.717, 1.165) is 11.8 Å². The van der Waals surface area contributed by atoms with Crippen LogP contribution in [-0.2, 0) is 0 Å². The first-order chi connectivity index (χ1) is 9.09. The summed E-state index contributed by atoms with van der Waals surface area (Å²) in [5, 5.41) is 3.66. The molecule has 0 aromatic rings. The third-order valence-electron chi connectivity index (χ3n) is 4.94. The van der Waals surface area contributed by atoms with Crippen LogP contribution in [0.5, 0.6) is 0 Å². The Bertz CT molecular complexity index is 222. The summed E-state index contributed by atoms with van der Waals surface area (Å²) in [6, 6.07) is 0. The van der Waals surface area contributed by atoms with E-state index in [1.54, 1.807) is 0 Å². The highest BCUT2D eigenvalue weighted by Crippen LogP contribution is 2.43. The molecule has 1 fully saturated rings. The minimum Gasteiger partial charge on any atom is -0.316 e. The Morgan fingerprint density at radius 1 is 1.00 bits per heavy atom. The molecule has 0 bridgehead atoms. The fourth-order valence-electron chi connectivity index (χ4n) is 3.69. The van der Waals surface area contributed by atoms with Crippen molar-refractivity contribution in [3.8, 4) is 0 Å². The molecule has 114 valence electrons. The summed E-state index contributed by atoms with van der Waals surface area (Å²) in [6.45, 7) is 12.0. The first-order valence-electron chi connectivity index (χ1n) is 8.79. The van der Waals surface area contributed by atoms with Crippen molar-refractivity contribution in [1.82, 2.24) is 5.32 Å². The van der Waals surface area contributed by atoms with Crippen LogP contribution in [0.4, 0.5) is 0 Å². The molecule has 19 heavy (non-hydrogen) atoms. The van der Waals surface area contributed by atoms with Gasteiger partial charge in [0, 0.05) is 0 Å². The Kier molecular flexibility index (Phi) is 8.06. The van der Waals surface area contributed by atoms with Crippen LogP contribution in [0.1, 0.15) is 85.5 Å². The molecular weight excluding hydrogens is 230 g/mol. The molecule has 0 radical (unpaired) electrons. The van der Waals surface area contributed by atoms with Crippen molar-refractivity contribution in [3.05, 3.63) is 0 Å². The van der Waals surface area contributed by atoms with Gasteiger partial charge >= 0.3 is 0 Å². The lowest BCUT2D eigenvalue weighted by Gasteiger charge is -2.41. The zero-order valence-corrected chi connectivity index (χ0v) is 13.9. The van der Waals surface area contributed by atoms with Crippen molar-refractivity contribution in [2.45, 2.75) is 85.5 Å². The molecule has 1 N–H and O–H groups in total. The normalized spacial score (nSPS) is 26.5. The number of unbranched alkanes of at least 4 members (excludes halogenated alkanes) is 3. The van der Waals surface area contributed by atoms with E-state index in [1.807, 2.05) is 0 Å². The molecule has 2 unspecified atom stereocenters. The lowest BCUT2D eigenvalue weighted by Crippen LogP contribution is -2.36. The summed E-state index contributed by atoms with van der Waals surface area (Å²) < 4.78 is 0. The van der Waals surface area contributed by atoms with Gasteiger partial charge in [-0.15, -0.1) is 0 Å². The van der Waals surface area contributed by atoms with Gasteiger partial charge in [-0.3, -0.25) is 0 Å². The van der Waals surface area contributed by atoms with Crippen molar-refractivity contribution < 1.29 is 0 Å². The third-order valence-corrected chi connectivity index (χ3v) is 4.94. The molecule has 1 nitrogen and oxygen atoms in total. The standard InChI is InChI=1S/C18H37N/c1-5-7-8-9-10-16-14-18(3,4)12-11-17(16)15-19-13-6-2/h16-17,19H,5-15H2,1-4H3. The summed E-state index contributed by atoms with van der Waals surface area (Å²) in [7, 11) is 0. The SMILES string of the molecule is CCCCCCC1CC(C)(C)CCC1CNCCC. The third kappa shape index (κ3) is 6.79. The highest BCUT2D eigenvalue weighted by atomic mass is 14.9. The molecule has 1 saturated carbocycles. The Labute approximate surface area is 121 Å². The lowest BCUT2D eigenvalue weighted by molar-refractivity contribution is 0.108. The maximum Gasteiger partial charge on any atom is -0.00179 e. The second-order valence-electron chi connectivity index (χ2n) is 7.48. The van der Waals surface area contributed by atoms with Crippen molar-refractivity contribution >= 4 is 0 Å². The smallest absolute Gasteiger partial charge is 0.00179 e. The molecule has 0 aromatic carbocycles. The summed E-state index contributed by atoms with van der Waals surface area (Å²) in [4.78, 5) is 0. The molecule has 1 aliphatic rings. The van der Waals surface area contributed by atoms with Crippen LogP contribution in [0.2, 0.25) is 0 Å². The first kappa shape index (κ1) is 17.0. The molecule has 0 spiro atoms. The van der Waals surface area contributed by atoms with E-state index in [2.05, 4.69) is 33.0 Å². The summed E-state index contributed by atoms with van der Waals surface area (Å²) in [6.07, 6.45) is 12.8. The number of rotatable bonds is 9. The highest BCUT2D eigenvalue weighted by Gasteiger charge is 2.33. The van der Waals surface area contributed by atoms with Gasteiger partial charge < -0.3 is 5.32 Å². The number of hydrogen-bond donors (Lipinski definition) is 1. The second kappa shape index (κ2) is 9.00. The van der Waals surface area contributed by atoms with Crippen molar-refractivity contribution in [1.29, 1.82) is 0 Å². The quantitative estimate of drug-likeness (QED) is 0.552. The number of hydrogen-bond acceptors (Lipinski definition) is 1. The molecule has 0 aromatic heterocycles. The molecule has 1 heteroatoms. The fraction of sp³-hybridized carbons (Fsp3) is 1.00. The topological polar surface area (TPSA) is 12.0 Å². The van der Waals surface area contributed by atoms with E-state index in [1.165, 1.54) is 70.9 Å². The van der Waals surface area contributed by atoms with Gasteiger partial charge in [-0.25, -0.2) is 0 Å². The first-order valence-corrected chi connectivity index (χ1v) is 8.79. The van der Waals surface area contributed by atoms with Gasteiger partial charge in [0.1, 0.15) is 0 Å². The van der Waals surface area contributed by atoms with Crippen LogP contribution in [-0.4, -0.2) is 13.1 Å². The molecular formula is C18H37N. The molecule has 0 aliphatic heterocycles.